The van der Waals surface area contributed by atoms with E-state index >= 15 is 0 Å². The van der Waals surface area contributed by atoms with Crippen molar-refractivity contribution in [1.29, 1.82) is 0 Å². The number of hydrogen-bond donors (Lipinski definition) is 0. The van der Waals surface area contributed by atoms with Crippen LogP contribution in [0.3, 0.4) is 0 Å². The van der Waals surface area contributed by atoms with Gasteiger partial charge in [-0.15, -0.1) is 0 Å². The zero-order valence-electron chi connectivity index (χ0n) is 1.41. The molecule has 0 aromatic carbocycles. The first-order valence-electron chi connectivity index (χ1n) is 0. The predicted molar refractivity (Wildman–Crippen MR) is 0 cm³/mol. The third-order valence-electron chi connectivity index (χ3n) is 0. The van der Waals surface area contributed by atoms with Crippen LogP contribution in [0.4, 0.5) is 0 Å². The van der Waals surface area contributed by atoms with Crippen molar-refractivity contribution in [2.24, 2.45) is 0 Å². The zero-order valence-corrected chi connectivity index (χ0v) is 4.97. The van der Waals surface area contributed by atoms with Crippen LogP contribution in [0.15, 0.2) is 0 Å². The molecule has 0 nitrogen and oxygen atoms in total. The van der Waals surface area contributed by atoms with Gasteiger partial charge in [0.25, 0.3) is 0 Å². The molecule has 0 unspecified atom stereocenters. The Balaban J connectivity index is 0. The normalized spacial score (nSPS) is 0. The monoisotopic (exact) mass is 189 g/mol. The molecule has 0 aromatic heterocycles. The van der Waals surface area contributed by atoms with Gasteiger partial charge < -0.3 is 24.8 Å². The van der Waals surface area contributed by atoms with Crippen molar-refractivity contribution in [1.82, 2.24) is 0 Å². The second-order valence-electron chi connectivity index (χ2n) is 0. The van der Waals surface area contributed by atoms with Crippen molar-refractivity contribution in [2.75, 3.05) is 0 Å². The first-order valence-corrected chi connectivity index (χ1v) is 0. The van der Waals surface area contributed by atoms with Crippen LogP contribution in [-0.2, 0) is 34.1 Å². The summed E-state index contributed by atoms with van der Waals surface area (Å²) in [6, 6.07) is 0. The summed E-state index contributed by atoms with van der Waals surface area (Å²) in [5.74, 6) is 0. The van der Waals surface area contributed by atoms with Gasteiger partial charge in [0.15, 0.2) is 0 Å². The van der Waals surface area contributed by atoms with E-state index in [4.69, 9.17) is 0 Å². The Bertz CT molecular complexity index is 6.00. The van der Waals surface area contributed by atoms with Crippen LogP contribution >= 0.6 is 0 Å². The van der Waals surface area contributed by atoms with Crippen LogP contribution in [0.25, 0.3) is 0 Å². The van der Waals surface area contributed by atoms with Crippen molar-refractivity contribution in [3.8, 4) is 0 Å². The molecular weight excluding hydrogens is 190 g/mol. The van der Waals surface area contributed by atoms with E-state index in [1.165, 1.54) is 0 Å². The Labute approximate surface area is 58.9 Å². The molecule has 0 amide bonds. The minimum absolute atomic E-state index is 0. The van der Waals surface area contributed by atoms with Gasteiger partial charge in [0.2, 0.25) is 0 Å². The standard InChI is InChI=1S/2ClH.Cu.Fe/h2*1H;;/q;;+2;+3/p-2. The predicted octanol–water partition coefficient (Wildman–Crippen LogP) is -6.00. The molecule has 0 rings (SSSR count). The van der Waals surface area contributed by atoms with E-state index in [2.05, 4.69) is 0 Å². The maximum absolute atomic E-state index is 0. The van der Waals surface area contributed by atoms with Gasteiger partial charge in [-0.3, -0.25) is 0 Å². The molecule has 0 bridgehead atoms. The van der Waals surface area contributed by atoms with E-state index in [1.807, 2.05) is 0 Å². The van der Waals surface area contributed by atoms with Gasteiger partial charge in [-0.25, -0.2) is 0 Å². The fourth-order valence-corrected chi connectivity index (χ4v) is 0. The minimum atomic E-state index is 0. The average Bonchev–Trinajstić information content (AvgIpc) is 0. The molecule has 0 heterocycles. The Morgan fingerprint density at radius 3 is 0.750 bits per heavy atom. The molecular formula is Cl2CuFe+3. The van der Waals surface area contributed by atoms with E-state index in [-0.39, 0.29) is 59.0 Å². The molecule has 0 spiro atoms. The summed E-state index contributed by atoms with van der Waals surface area (Å²) < 4.78 is 0. The molecule has 30 valence electrons. The maximum Gasteiger partial charge on any atom is 3.00 e. The Morgan fingerprint density at radius 2 is 0.750 bits per heavy atom. The van der Waals surface area contributed by atoms with Crippen LogP contribution in [0, 0.1) is 0 Å². The van der Waals surface area contributed by atoms with Gasteiger partial charge in [-0.05, 0) is 0 Å². The molecule has 2 radical (unpaired) electrons. The summed E-state index contributed by atoms with van der Waals surface area (Å²) in [7, 11) is 0. The third kappa shape index (κ3) is 9.47. The third-order valence-corrected chi connectivity index (χ3v) is 0. The molecule has 0 saturated carbocycles. The summed E-state index contributed by atoms with van der Waals surface area (Å²) in [6.07, 6.45) is 0. The van der Waals surface area contributed by atoms with E-state index in [9.17, 15) is 0 Å². The molecule has 0 saturated heterocycles. The second kappa shape index (κ2) is 23.1. The molecule has 0 aliphatic heterocycles. The fourth-order valence-electron chi connectivity index (χ4n) is 0. The van der Waals surface area contributed by atoms with Gasteiger partial charge in [0, 0.05) is 0 Å². The number of rotatable bonds is 0. The smallest absolute Gasteiger partial charge is 1.00 e. The molecule has 4 heteroatoms. The molecule has 0 fully saturated rings. The first kappa shape index (κ1) is 45.7. The van der Waals surface area contributed by atoms with Gasteiger partial charge in [-0.1, -0.05) is 0 Å². The first-order chi connectivity index (χ1) is 0. The van der Waals surface area contributed by atoms with Crippen LogP contribution < -0.4 is 24.8 Å². The van der Waals surface area contributed by atoms with Crippen molar-refractivity contribution in [2.45, 2.75) is 0 Å². The van der Waals surface area contributed by atoms with Crippen LogP contribution in [0.5, 0.6) is 0 Å². The van der Waals surface area contributed by atoms with Gasteiger partial charge in [0.05, 0.1) is 0 Å². The quantitative estimate of drug-likeness (QED) is 0.334. The summed E-state index contributed by atoms with van der Waals surface area (Å²) in [4.78, 5) is 0. The van der Waals surface area contributed by atoms with Crippen LogP contribution in [-0.4, -0.2) is 0 Å². The van der Waals surface area contributed by atoms with Crippen molar-refractivity contribution >= 4 is 0 Å². The molecule has 0 aliphatic carbocycles. The summed E-state index contributed by atoms with van der Waals surface area (Å²) in [5.41, 5.74) is 0. The second-order valence-corrected chi connectivity index (χ2v) is 0. The molecule has 0 N–H and O–H groups in total. The summed E-state index contributed by atoms with van der Waals surface area (Å²) in [6.45, 7) is 0. The van der Waals surface area contributed by atoms with Gasteiger partial charge >= 0.3 is 34.1 Å². The Hall–Kier alpha value is 1.62. The maximum atomic E-state index is 0. The van der Waals surface area contributed by atoms with Gasteiger partial charge in [-0.2, -0.15) is 0 Å². The van der Waals surface area contributed by atoms with Crippen LogP contribution in [0.2, 0.25) is 0 Å². The minimum Gasteiger partial charge on any atom is -1.00 e. The van der Waals surface area contributed by atoms with E-state index in [0.717, 1.165) is 0 Å². The molecule has 0 aliphatic rings. The van der Waals surface area contributed by atoms with Crippen molar-refractivity contribution in [3.05, 3.63) is 0 Å². The largest absolute Gasteiger partial charge is 3.00 e. The zero-order chi connectivity index (χ0) is 0. The van der Waals surface area contributed by atoms with Crippen molar-refractivity contribution in [3.63, 3.8) is 0 Å². The van der Waals surface area contributed by atoms with E-state index < -0.39 is 0 Å². The Morgan fingerprint density at radius 1 is 0.750 bits per heavy atom. The van der Waals surface area contributed by atoms with Gasteiger partial charge in [0.1, 0.15) is 0 Å². The fraction of sp³-hybridized carbons (Fsp3) is 0. The van der Waals surface area contributed by atoms with E-state index in [0.29, 0.717) is 0 Å². The summed E-state index contributed by atoms with van der Waals surface area (Å²) >= 11 is 0. The van der Waals surface area contributed by atoms with Crippen molar-refractivity contribution < 1.29 is 59.0 Å². The number of hydrogen-bond acceptors (Lipinski definition) is 0. The molecule has 4 heavy (non-hydrogen) atoms. The summed E-state index contributed by atoms with van der Waals surface area (Å²) in [5, 5.41) is 0. The SMILES string of the molecule is [Cl-].[Cl-].[Cu+2].[Fe+3]. The van der Waals surface area contributed by atoms with Crippen LogP contribution in [0.1, 0.15) is 0 Å². The van der Waals surface area contributed by atoms with E-state index in [1.54, 1.807) is 0 Å². The molecule has 0 aromatic rings. The average molecular weight is 190 g/mol. The Kier molecular flexibility index (Phi) is 264. The number of halogens is 2. The topological polar surface area (TPSA) is 0 Å². The molecule has 0 atom stereocenters.